The normalized spacial score (nSPS) is 11.2. The largest absolute Gasteiger partial charge is 0.353 e. The Bertz CT molecular complexity index is 1310. The standard InChI is InChI=1S/C21H22N6O3S2/c1-4-5-16(28)25-27-20(29)18-15(10-12(2)22-18)23-21(27)32-11-17-24-19(26-30-17)13-6-8-14(31-3)9-7-13/h6-10,22H,4-5,11H2,1-3H3,(H,25,28). The SMILES string of the molecule is CCCC(=O)Nn1c(SCc2nc(-c3ccc(SC)cc3)no2)nc2cc(C)[nH]c2c1=O. The summed E-state index contributed by atoms with van der Waals surface area (Å²) >= 11 is 2.90. The Balaban J connectivity index is 1.59. The van der Waals surface area contributed by atoms with Crippen LogP contribution in [-0.2, 0) is 10.5 Å². The number of aromatic nitrogens is 5. The molecule has 0 spiro atoms. The molecule has 0 aliphatic rings. The van der Waals surface area contributed by atoms with Crippen LogP contribution in [-0.4, -0.2) is 36.9 Å². The molecule has 0 fully saturated rings. The van der Waals surface area contributed by atoms with Gasteiger partial charge in [0.2, 0.25) is 17.6 Å². The van der Waals surface area contributed by atoms with E-state index in [9.17, 15) is 9.59 Å². The van der Waals surface area contributed by atoms with Crippen LogP contribution in [0.15, 0.2) is 49.7 Å². The number of hydrogen-bond donors (Lipinski definition) is 2. The number of thioether (sulfide) groups is 2. The molecule has 0 bridgehead atoms. The van der Waals surface area contributed by atoms with Gasteiger partial charge in [-0.05, 0) is 49.9 Å². The summed E-state index contributed by atoms with van der Waals surface area (Å²) in [6, 6.07) is 9.68. The maximum Gasteiger partial charge on any atom is 0.297 e. The van der Waals surface area contributed by atoms with Gasteiger partial charge in [-0.3, -0.25) is 15.0 Å². The fourth-order valence-electron chi connectivity index (χ4n) is 3.08. The third-order valence-corrected chi connectivity index (χ3v) is 6.28. The van der Waals surface area contributed by atoms with E-state index in [-0.39, 0.29) is 11.5 Å². The zero-order chi connectivity index (χ0) is 22.7. The quantitative estimate of drug-likeness (QED) is 0.293. The van der Waals surface area contributed by atoms with Gasteiger partial charge in [0.1, 0.15) is 5.52 Å². The molecule has 3 aromatic heterocycles. The number of rotatable bonds is 8. The second-order valence-corrected chi connectivity index (χ2v) is 8.88. The molecular formula is C21H22N6O3S2. The van der Waals surface area contributed by atoms with Crippen molar-refractivity contribution in [3.05, 3.63) is 52.3 Å². The summed E-state index contributed by atoms with van der Waals surface area (Å²) < 4.78 is 6.56. The van der Waals surface area contributed by atoms with Crippen molar-refractivity contribution in [1.29, 1.82) is 0 Å². The van der Waals surface area contributed by atoms with Gasteiger partial charge in [0.25, 0.3) is 5.56 Å². The molecule has 2 N–H and O–H groups in total. The number of H-pyrrole nitrogens is 1. The molecule has 4 rings (SSSR count). The van der Waals surface area contributed by atoms with E-state index in [1.165, 1.54) is 16.4 Å². The molecule has 0 atom stereocenters. The summed E-state index contributed by atoms with van der Waals surface area (Å²) in [5.74, 6) is 0.923. The van der Waals surface area contributed by atoms with Crippen molar-refractivity contribution in [2.45, 2.75) is 42.5 Å². The number of aryl methyl sites for hydroxylation is 1. The van der Waals surface area contributed by atoms with Crippen LogP contribution in [0.5, 0.6) is 0 Å². The lowest BCUT2D eigenvalue weighted by molar-refractivity contribution is -0.117. The second-order valence-electron chi connectivity index (χ2n) is 7.06. The molecule has 32 heavy (non-hydrogen) atoms. The highest BCUT2D eigenvalue weighted by atomic mass is 32.2. The third-order valence-electron chi connectivity index (χ3n) is 4.61. The topological polar surface area (TPSA) is 119 Å². The molecule has 0 aliphatic carbocycles. The Kier molecular flexibility index (Phi) is 6.66. The van der Waals surface area contributed by atoms with Crippen LogP contribution in [0.3, 0.4) is 0 Å². The number of hydrogen-bond acceptors (Lipinski definition) is 8. The van der Waals surface area contributed by atoms with Gasteiger partial charge >= 0.3 is 0 Å². The van der Waals surface area contributed by atoms with Gasteiger partial charge in [0.15, 0.2) is 5.16 Å². The van der Waals surface area contributed by atoms with Crippen LogP contribution in [0.4, 0.5) is 0 Å². The van der Waals surface area contributed by atoms with Crippen molar-refractivity contribution in [1.82, 2.24) is 24.8 Å². The van der Waals surface area contributed by atoms with E-state index in [2.05, 4.69) is 25.5 Å². The average Bonchev–Trinajstić information content (AvgIpc) is 3.41. The van der Waals surface area contributed by atoms with Gasteiger partial charge in [0.05, 0.1) is 11.3 Å². The molecule has 3 heterocycles. The summed E-state index contributed by atoms with van der Waals surface area (Å²) in [4.78, 5) is 38.3. The highest BCUT2D eigenvalue weighted by Gasteiger charge is 2.17. The molecule has 1 aromatic carbocycles. The Morgan fingerprint density at radius 3 is 2.75 bits per heavy atom. The van der Waals surface area contributed by atoms with Crippen molar-refractivity contribution in [3.8, 4) is 11.4 Å². The molecule has 0 unspecified atom stereocenters. The monoisotopic (exact) mass is 470 g/mol. The fourth-order valence-corrected chi connectivity index (χ4v) is 4.28. The highest BCUT2D eigenvalue weighted by molar-refractivity contribution is 7.98. The second kappa shape index (κ2) is 9.61. The summed E-state index contributed by atoms with van der Waals surface area (Å²) in [6.45, 7) is 3.75. The number of carbonyl (C=O) groups excluding carboxylic acids is 1. The first-order valence-electron chi connectivity index (χ1n) is 10.0. The van der Waals surface area contributed by atoms with Crippen molar-refractivity contribution >= 4 is 40.5 Å². The fraction of sp³-hybridized carbons (Fsp3) is 0.286. The smallest absolute Gasteiger partial charge is 0.297 e. The van der Waals surface area contributed by atoms with E-state index < -0.39 is 0 Å². The number of benzene rings is 1. The minimum Gasteiger partial charge on any atom is -0.353 e. The van der Waals surface area contributed by atoms with E-state index in [4.69, 9.17) is 4.52 Å². The third kappa shape index (κ3) is 4.73. The van der Waals surface area contributed by atoms with Gasteiger partial charge in [-0.2, -0.15) is 9.66 Å². The van der Waals surface area contributed by atoms with Gasteiger partial charge in [-0.15, -0.1) is 11.8 Å². The number of nitrogens with zero attached hydrogens (tertiary/aromatic N) is 4. The number of carbonyl (C=O) groups is 1. The summed E-state index contributed by atoms with van der Waals surface area (Å²) in [5.41, 5.74) is 4.84. The molecule has 4 aromatic rings. The van der Waals surface area contributed by atoms with E-state index in [0.717, 1.165) is 16.2 Å². The van der Waals surface area contributed by atoms with Crippen molar-refractivity contribution in [2.24, 2.45) is 0 Å². The molecule has 0 saturated heterocycles. The molecule has 9 nitrogen and oxygen atoms in total. The first kappa shape index (κ1) is 22.2. The Hall–Kier alpha value is -3.05. The summed E-state index contributed by atoms with van der Waals surface area (Å²) in [5, 5.41) is 4.39. The predicted molar refractivity (Wildman–Crippen MR) is 125 cm³/mol. The van der Waals surface area contributed by atoms with Crippen LogP contribution in [0, 0.1) is 6.92 Å². The molecule has 1 amide bonds. The summed E-state index contributed by atoms with van der Waals surface area (Å²) in [6.07, 6.45) is 2.99. The Morgan fingerprint density at radius 1 is 1.25 bits per heavy atom. The maximum absolute atomic E-state index is 13.0. The zero-order valence-electron chi connectivity index (χ0n) is 17.8. The molecule has 0 aliphatic heterocycles. The van der Waals surface area contributed by atoms with Gasteiger partial charge in [-0.25, -0.2) is 4.98 Å². The van der Waals surface area contributed by atoms with Crippen LogP contribution in [0.1, 0.15) is 31.4 Å². The van der Waals surface area contributed by atoms with Gasteiger partial charge in [0, 0.05) is 22.6 Å². The first-order valence-corrected chi connectivity index (χ1v) is 12.2. The summed E-state index contributed by atoms with van der Waals surface area (Å²) in [7, 11) is 0. The number of nitrogens with one attached hydrogen (secondary N) is 2. The highest BCUT2D eigenvalue weighted by Crippen LogP contribution is 2.24. The number of aromatic amines is 1. The van der Waals surface area contributed by atoms with Crippen molar-refractivity contribution in [3.63, 3.8) is 0 Å². The Labute approximate surface area is 192 Å². The van der Waals surface area contributed by atoms with Crippen LogP contribution in [0.2, 0.25) is 0 Å². The predicted octanol–water partition coefficient (Wildman–Crippen LogP) is 3.97. The van der Waals surface area contributed by atoms with Gasteiger partial charge < -0.3 is 9.51 Å². The van der Waals surface area contributed by atoms with Gasteiger partial charge in [-0.1, -0.05) is 23.8 Å². The lowest BCUT2D eigenvalue weighted by Crippen LogP contribution is -2.35. The van der Waals surface area contributed by atoms with Crippen LogP contribution >= 0.6 is 23.5 Å². The van der Waals surface area contributed by atoms with Crippen molar-refractivity contribution in [2.75, 3.05) is 11.7 Å². The number of fused-ring (bicyclic) bond motifs is 1. The maximum atomic E-state index is 13.0. The van der Waals surface area contributed by atoms with E-state index in [1.54, 1.807) is 17.8 Å². The van der Waals surface area contributed by atoms with Crippen molar-refractivity contribution < 1.29 is 9.32 Å². The molecule has 11 heteroatoms. The van der Waals surface area contributed by atoms with Crippen LogP contribution in [0.25, 0.3) is 22.4 Å². The Morgan fingerprint density at radius 2 is 2.03 bits per heavy atom. The molecule has 0 saturated carbocycles. The molecule has 166 valence electrons. The van der Waals surface area contributed by atoms with E-state index in [1.807, 2.05) is 44.4 Å². The molecular weight excluding hydrogens is 448 g/mol. The van der Waals surface area contributed by atoms with E-state index >= 15 is 0 Å². The minimum absolute atomic E-state index is 0.255. The lowest BCUT2D eigenvalue weighted by Gasteiger charge is -2.12. The van der Waals surface area contributed by atoms with E-state index in [0.29, 0.717) is 46.5 Å². The van der Waals surface area contributed by atoms with Crippen LogP contribution < -0.4 is 11.0 Å². The first-order chi connectivity index (χ1) is 15.5. The number of amides is 1. The minimum atomic E-state index is -0.366. The zero-order valence-corrected chi connectivity index (χ0v) is 19.5. The molecule has 0 radical (unpaired) electrons. The lowest BCUT2D eigenvalue weighted by atomic mass is 10.2. The average molecular weight is 471 g/mol.